The fourth-order valence-electron chi connectivity index (χ4n) is 1.50. The summed E-state index contributed by atoms with van der Waals surface area (Å²) in [7, 11) is 1.65. The summed E-state index contributed by atoms with van der Waals surface area (Å²) in [5.74, 6) is 0.797. The molecule has 0 bridgehead atoms. The van der Waals surface area contributed by atoms with Crippen LogP contribution in [0.5, 0.6) is 5.75 Å². The summed E-state index contributed by atoms with van der Waals surface area (Å²) in [5.41, 5.74) is 8.36. The van der Waals surface area contributed by atoms with Crippen LogP contribution >= 0.6 is 0 Å². The Morgan fingerprint density at radius 3 is 2.25 bits per heavy atom. The second-order valence-electron chi connectivity index (χ2n) is 3.41. The smallest absolute Gasteiger partial charge is 0.142 e. The molecule has 2 rings (SSSR count). The van der Waals surface area contributed by atoms with Gasteiger partial charge in [-0.1, -0.05) is 24.3 Å². The largest absolute Gasteiger partial charge is 0.495 e. The molecular weight excluding hydrogens is 200 g/mol. The normalized spacial score (nSPS) is 9.81. The molecule has 82 valence electrons. The van der Waals surface area contributed by atoms with Crippen LogP contribution in [0.1, 0.15) is 0 Å². The highest BCUT2D eigenvalue weighted by atomic mass is 16.5. The minimum atomic E-state index is 0.716. The lowest BCUT2D eigenvalue weighted by atomic mass is 10.2. The molecule has 0 unspecified atom stereocenters. The lowest BCUT2D eigenvalue weighted by Gasteiger charge is -2.12. The summed E-state index contributed by atoms with van der Waals surface area (Å²) >= 11 is 0. The first-order valence-electron chi connectivity index (χ1n) is 5.06. The molecule has 16 heavy (non-hydrogen) atoms. The Kier molecular flexibility index (Phi) is 2.96. The number of nitrogens with two attached hydrogens (primary N) is 1. The average Bonchev–Trinajstić information content (AvgIpc) is 2.33. The highest BCUT2D eigenvalue weighted by Crippen LogP contribution is 2.29. The van der Waals surface area contributed by atoms with E-state index in [0.717, 1.165) is 17.1 Å². The van der Waals surface area contributed by atoms with Gasteiger partial charge in [-0.25, -0.2) is 0 Å². The molecule has 0 heterocycles. The van der Waals surface area contributed by atoms with E-state index in [1.165, 1.54) is 0 Å². The van der Waals surface area contributed by atoms with Crippen LogP contribution < -0.4 is 15.8 Å². The van der Waals surface area contributed by atoms with E-state index in [1.54, 1.807) is 7.11 Å². The number of anilines is 3. The minimum Gasteiger partial charge on any atom is -0.495 e. The third kappa shape index (κ3) is 2.08. The first-order valence-corrected chi connectivity index (χ1v) is 5.06. The van der Waals surface area contributed by atoms with Crippen molar-refractivity contribution in [2.45, 2.75) is 0 Å². The number of methoxy groups -OCH3 is 1. The van der Waals surface area contributed by atoms with Crippen LogP contribution in [0.3, 0.4) is 0 Å². The number of hydrogen-bond acceptors (Lipinski definition) is 3. The molecule has 0 aromatic heterocycles. The number of nitrogen functional groups attached to an aromatic ring is 1. The average molecular weight is 214 g/mol. The molecule has 0 fully saturated rings. The number of rotatable bonds is 3. The van der Waals surface area contributed by atoms with Crippen molar-refractivity contribution in [3.8, 4) is 5.75 Å². The lowest BCUT2D eigenvalue weighted by molar-refractivity contribution is 0.417. The van der Waals surface area contributed by atoms with E-state index >= 15 is 0 Å². The Bertz CT molecular complexity index is 483. The molecule has 0 spiro atoms. The Balaban J connectivity index is 2.30. The molecule has 2 aromatic carbocycles. The monoisotopic (exact) mass is 214 g/mol. The molecule has 3 heteroatoms. The van der Waals surface area contributed by atoms with Gasteiger partial charge in [0.05, 0.1) is 24.2 Å². The molecule has 0 aliphatic carbocycles. The Morgan fingerprint density at radius 2 is 1.56 bits per heavy atom. The number of para-hydroxylation sites is 4. The standard InChI is InChI=1S/C13H14N2O/c1-16-13-9-5-4-8-12(13)15-11-7-3-2-6-10(11)14/h2-9,15H,14H2,1H3. The van der Waals surface area contributed by atoms with E-state index in [0.29, 0.717) is 5.69 Å². The van der Waals surface area contributed by atoms with Crippen molar-refractivity contribution in [3.05, 3.63) is 48.5 Å². The predicted molar refractivity (Wildman–Crippen MR) is 67.1 cm³/mol. The fourth-order valence-corrected chi connectivity index (χ4v) is 1.50. The van der Waals surface area contributed by atoms with E-state index in [9.17, 15) is 0 Å². The number of benzene rings is 2. The molecule has 3 N–H and O–H groups in total. The Hall–Kier alpha value is -2.16. The SMILES string of the molecule is COc1ccccc1Nc1ccccc1N. The quantitative estimate of drug-likeness (QED) is 0.772. The number of nitrogens with one attached hydrogen (secondary N) is 1. The van der Waals surface area contributed by atoms with Crippen LogP contribution in [-0.2, 0) is 0 Å². The van der Waals surface area contributed by atoms with Gasteiger partial charge in [0.1, 0.15) is 5.75 Å². The molecule has 0 aliphatic rings. The molecule has 0 aliphatic heterocycles. The maximum Gasteiger partial charge on any atom is 0.142 e. The van der Waals surface area contributed by atoms with Gasteiger partial charge in [-0.2, -0.15) is 0 Å². The van der Waals surface area contributed by atoms with Crippen molar-refractivity contribution >= 4 is 17.1 Å². The van der Waals surface area contributed by atoms with Crippen molar-refractivity contribution in [1.29, 1.82) is 0 Å². The van der Waals surface area contributed by atoms with Gasteiger partial charge in [-0.15, -0.1) is 0 Å². The maximum absolute atomic E-state index is 5.86. The highest BCUT2D eigenvalue weighted by molar-refractivity contribution is 5.74. The zero-order chi connectivity index (χ0) is 11.4. The molecule has 0 amide bonds. The highest BCUT2D eigenvalue weighted by Gasteiger charge is 2.03. The molecule has 3 nitrogen and oxygen atoms in total. The first kappa shape index (κ1) is 10.4. The van der Waals surface area contributed by atoms with Crippen LogP contribution in [0, 0.1) is 0 Å². The molecule has 0 atom stereocenters. The Labute approximate surface area is 94.9 Å². The van der Waals surface area contributed by atoms with Crippen LogP contribution in [-0.4, -0.2) is 7.11 Å². The summed E-state index contributed by atoms with van der Waals surface area (Å²) in [6.45, 7) is 0. The first-order chi connectivity index (χ1) is 7.81. The van der Waals surface area contributed by atoms with Crippen molar-refractivity contribution in [1.82, 2.24) is 0 Å². The van der Waals surface area contributed by atoms with Gasteiger partial charge in [0.25, 0.3) is 0 Å². The van der Waals surface area contributed by atoms with Crippen LogP contribution in [0.25, 0.3) is 0 Å². The van der Waals surface area contributed by atoms with Crippen LogP contribution in [0.2, 0.25) is 0 Å². The zero-order valence-corrected chi connectivity index (χ0v) is 9.10. The maximum atomic E-state index is 5.86. The van der Waals surface area contributed by atoms with Crippen molar-refractivity contribution in [3.63, 3.8) is 0 Å². The summed E-state index contributed by atoms with van der Waals surface area (Å²) in [6.07, 6.45) is 0. The topological polar surface area (TPSA) is 47.3 Å². The Morgan fingerprint density at radius 1 is 0.938 bits per heavy atom. The van der Waals surface area contributed by atoms with E-state index in [4.69, 9.17) is 10.5 Å². The zero-order valence-electron chi connectivity index (χ0n) is 9.10. The molecule has 0 saturated heterocycles. The van der Waals surface area contributed by atoms with E-state index < -0.39 is 0 Å². The van der Waals surface area contributed by atoms with Crippen molar-refractivity contribution < 1.29 is 4.74 Å². The predicted octanol–water partition coefficient (Wildman–Crippen LogP) is 3.02. The van der Waals surface area contributed by atoms with E-state index in [1.807, 2.05) is 48.5 Å². The van der Waals surface area contributed by atoms with Crippen molar-refractivity contribution in [2.24, 2.45) is 0 Å². The summed E-state index contributed by atoms with van der Waals surface area (Å²) in [4.78, 5) is 0. The summed E-state index contributed by atoms with van der Waals surface area (Å²) in [6, 6.07) is 15.4. The summed E-state index contributed by atoms with van der Waals surface area (Å²) in [5, 5.41) is 3.24. The number of ether oxygens (including phenoxy) is 1. The van der Waals surface area contributed by atoms with Gasteiger partial charge < -0.3 is 15.8 Å². The van der Waals surface area contributed by atoms with Crippen LogP contribution in [0.15, 0.2) is 48.5 Å². The third-order valence-corrected chi connectivity index (χ3v) is 2.34. The van der Waals surface area contributed by atoms with Gasteiger partial charge in [0.15, 0.2) is 0 Å². The third-order valence-electron chi connectivity index (χ3n) is 2.34. The van der Waals surface area contributed by atoms with E-state index in [2.05, 4.69) is 5.32 Å². The van der Waals surface area contributed by atoms with Gasteiger partial charge >= 0.3 is 0 Å². The van der Waals surface area contributed by atoms with Gasteiger partial charge in [0, 0.05) is 0 Å². The lowest BCUT2D eigenvalue weighted by Crippen LogP contribution is -1.97. The van der Waals surface area contributed by atoms with Gasteiger partial charge in [-0.3, -0.25) is 0 Å². The van der Waals surface area contributed by atoms with E-state index in [-0.39, 0.29) is 0 Å². The minimum absolute atomic E-state index is 0.716. The molecule has 2 aromatic rings. The molecule has 0 radical (unpaired) electrons. The second-order valence-corrected chi connectivity index (χ2v) is 3.41. The number of hydrogen-bond donors (Lipinski definition) is 2. The van der Waals surface area contributed by atoms with Gasteiger partial charge in [0.2, 0.25) is 0 Å². The molecular formula is C13H14N2O. The van der Waals surface area contributed by atoms with Crippen molar-refractivity contribution in [2.75, 3.05) is 18.2 Å². The fraction of sp³-hybridized carbons (Fsp3) is 0.0769. The van der Waals surface area contributed by atoms with Gasteiger partial charge in [-0.05, 0) is 24.3 Å². The molecule has 0 saturated carbocycles. The van der Waals surface area contributed by atoms with Crippen LogP contribution in [0.4, 0.5) is 17.1 Å². The second kappa shape index (κ2) is 4.57. The summed E-state index contributed by atoms with van der Waals surface area (Å²) < 4.78 is 5.25.